The first-order valence-corrected chi connectivity index (χ1v) is 9.41. The van der Waals surface area contributed by atoms with Gasteiger partial charge in [0.25, 0.3) is 0 Å². The SMILES string of the molecule is CC(C)(C)OC(=O)NCCCNc1ncc(C(=O)c2ccccc2Cl)s1. The third-order valence-electron chi connectivity index (χ3n) is 3.15. The number of anilines is 1. The van der Waals surface area contributed by atoms with Crippen molar-refractivity contribution in [2.75, 3.05) is 18.4 Å². The van der Waals surface area contributed by atoms with Gasteiger partial charge in [-0.05, 0) is 39.3 Å². The van der Waals surface area contributed by atoms with Crippen LogP contribution in [0.5, 0.6) is 0 Å². The number of aromatic nitrogens is 1. The van der Waals surface area contributed by atoms with E-state index in [2.05, 4.69) is 15.6 Å². The minimum atomic E-state index is -0.506. The number of alkyl carbamates (subject to hydrolysis) is 1. The van der Waals surface area contributed by atoms with Gasteiger partial charge in [-0.3, -0.25) is 4.79 Å². The molecule has 1 heterocycles. The highest BCUT2D eigenvalue weighted by atomic mass is 35.5. The molecule has 1 amide bonds. The first kappa shape index (κ1) is 20.2. The average Bonchev–Trinajstić information content (AvgIpc) is 3.01. The second kappa shape index (κ2) is 9.00. The molecule has 2 rings (SSSR count). The normalized spacial score (nSPS) is 11.1. The van der Waals surface area contributed by atoms with Crippen LogP contribution >= 0.6 is 22.9 Å². The summed E-state index contributed by atoms with van der Waals surface area (Å²) in [5.41, 5.74) is -0.0423. The maximum absolute atomic E-state index is 12.4. The predicted molar refractivity (Wildman–Crippen MR) is 104 cm³/mol. The molecule has 1 aromatic heterocycles. The number of hydrogen-bond donors (Lipinski definition) is 2. The van der Waals surface area contributed by atoms with E-state index >= 15 is 0 Å². The Bertz CT molecular complexity index is 771. The number of thiazole rings is 1. The number of halogens is 1. The zero-order chi connectivity index (χ0) is 19.2. The minimum absolute atomic E-state index is 0.146. The van der Waals surface area contributed by atoms with Gasteiger partial charge >= 0.3 is 6.09 Å². The van der Waals surface area contributed by atoms with E-state index in [0.717, 1.165) is 0 Å². The summed E-state index contributed by atoms with van der Waals surface area (Å²) >= 11 is 7.34. The van der Waals surface area contributed by atoms with Crippen molar-refractivity contribution < 1.29 is 14.3 Å². The van der Waals surface area contributed by atoms with E-state index in [0.29, 0.717) is 40.1 Å². The number of ketones is 1. The number of hydrogen-bond acceptors (Lipinski definition) is 6. The third kappa shape index (κ3) is 6.31. The van der Waals surface area contributed by atoms with E-state index in [-0.39, 0.29) is 5.78 Å². The molecule has 140 valence electrons. The van der Waals surface area contributed by atoms with Gasteiger partial charge in [-0.2, -0.15) is 0 Å². The van der Waals surface area contributed by atoms with E-state index < -0.39 is 11.7 Å². The first-order chi connectivity index (χ1) is 12.3. The van der Waals surface area contributed by atoms with Crippen LogP contribution in [0.3, 0.4) is 0 Å². The van der Waals surface area contributed by atoms with Gasteiger partial charge in [0, 0.05) is 18.7 Å². The summed E-state index contributed by atoms with van der Waals surface area (Å²) in [6.07, 6.45) is 1.81. The quantitative estimate of drug-likeness (QED) is 0.538. The van der Waals surface area contributed by atoms with E-state index in [4.69, 9.17) is 16.3 Å². The number of ether oxygens (including phenoxy) is 1. The molecule has 0 aliphatic carbocycles. The Kier molecular flexibility index (Phi) is 6.99. The lowest BCUT2D eigenvalue weighted by atomic mass is 10.1. The molecule has 2 N–H and O–H groups in total. The number of rotatable bonds is 7. The summed E-state index contributed by atoms with van der Waals surface area (Å²) in [6, 6.07) is 6.94. The summed E-state index contributed by atoms with van der Waals surface area (Å²) in [7, 11) is 0. The lowest BCUT2D eigenvalue weighted by Gasteiger charge is -2.19. The molecule has 6 nitrogen and oxygen atoms in total. The van der Waals surface area contributed by atoms with Crippen LogP contribution < -0.4 is 10.6 Å². The van der Waals surface area contributed by atoms with Gasteiger partial charge in [0.15, 0.2) is 5.13 Å². The molecular formula is C18H22ClN3O3S. The predicted octanol–water partition coefficient (Wildman–Crippen LogP) is 4.35. The van der Waals surface area contributed by atoms with Crippen LogP contribution in [0.15, 0.2) is 30.5 Å². The van der Waals surface area contributed by atoms with Crippen LogP contribution in [0, 0.1) is 0 Å². The Hall–Kier alpha value is -2.12. The van der Waals surface area contributed by atoms with E-state index in [1.807, 2.05) is 20.8 Å². The van der Waals surface area contributed by atoms with E-state index in [1.54, 1.807) is 24.3 Å². The highest BCUT2D eigenvalue weighted by Crippen LogP contribution is 2.24. The van der Waals surface area contributed by atoms with Gasteiger partial charge in [0.05, 0.1) is 16.1 Å². The van der Waals surface area contributed by atoms with E-state index in [9.17, 15) is 9.59 Å². The van der Waals surface area contributed by atoms with Crippen molar-refractivity contribution in [3.8, 4) is 0 Å². The van der Waals surface area contributed by atoms with Crippen LogP contribution in [0.2, 0.25) is 5.02 Å². The number of nitrogens with one attached hydrogen (secondary N) is 2. The number of amides is 1. The monoisotopic (exact) mass is 395 g/mol. The third-order valence-corrected chi connectivity index (χ3v) is 4.43. The fourth-order valence-corrected chi connectivity index (χ4v) is 3.04. The smallest absolute Gasteiger partial charge is 0.407 e. The molecule has 0 spiro atoms. The second-order valence-electron chi connectivity index (χ2n) is 6.55. The lowest BCUT2D eigenvalue weighted by molar-refractivity contribution is 0.0527. The summed E-state index contributed by atoms with van der Waals surface area (Å²) in [5.74, 6) is -0.146. The number of carbonyl (C=O) groups excluding carboxylic acids is 2. The van der Waals surface area contributed by atoms with Crippen molar-refractivity contribution in [2.24, 2.45) is 0 Å². The second-order valence-corrected chi connectivity index (χ2v) is 7.99. The highest BCUT2D eigenvalue weighted by Gasteiger charge is 2.16. The molecular weight excluding hydrogens is 374 g/mol. The van der Waals surface area contributed by atoms with Gasteiger partial charge in [0.1, 0.15) is 5.60 Å². The largest absolute Gasteiger partial charge is 0.444 e. The van der Waals surface area contributed by atoms with Crippen LogP contribution in [0.1, 0.15) is 42.4 Å². The molecule has 1 aromatic carbocycles. The summed E-state index contributed by atoms with van der Waals surface area (Å²) in [6.45, 7) is 6.55. The zero-order valence-electron chi connectivity index (χ0n) is 15.0. The summed E-state index contributed by atoms with van der Waals surface area (Å²) in [4.78, 5) is 28.7. The standard InChI is InChI=1S/C18H22ClN3O3S/c1-18(2,3)25-17(24)21-10-6-9-20-16-22-11-14(26-16)15(23)12-7-4-5-8-13(12)19/h4-5,7-8,11H,6,9-10H2,1-3H3,(H,20,22)(H,21,24). The average molecular weight is 396 g/mol. The molecule has 0 unspecified atom stereocenters. The van der Waals surface area contributed by atoms with E-state index in [1.165, 1.54) is 17.5 Å². The Balaban J connectivity index is 1.76. The van der Waals surface area contributed by atoms with Crippen LogP contribution in [0.25, 0.3) is 0 Å². The van der Waals surface area contributed by atoms with Gasteiger partial charge in [-0.1, -0.05) is 35.1 Å². The Labute approximate surface area is 161 Å². The molecule has 0 radical (unpaired) electrons. The fraction of sp³-hybridized carbons (Fsp3) is 0.389. The van der Waals surface area contributed by atoms with Crippen molar-refractivity contribution in [1.29, 1.82) is 0 Å². The summed E-state index contributed by atoms with van der Waals surface area (Å²) < 4.78 is 5.15. The van der Waals surface area contributed by atoms with Crippen molar-refractivity contribution >= 4 is 39.9 Å². The van der Waals surface area contributed by atoms with Crippen LogP contribution in [0.4, 0.5) is 9.93 Å². The molecule has 8 heteroatoms. The zero-order valence-corrected chi connectivity index (χ0v) is 16.5. The van der Waals surface area contributed by atoms with Gasteiger partial charge in [-0.25, -0.2) is 9.78 Å². The number of benzene rings is 1. The van der Waals surface area contributed by atoms with Crippen LogP contribution in [-0.2, 0) is 4.74 Å². The van der Waals surface area contributed by atoms with Crippen molar-refractivity contribution in [2.45, 2.75) is 32.8 Å². The van der Waals surface area contributed by atoms with Gasteiger partial charge < -0.3 is 15.4 Å². The highest BCUT2D eigenvalue weighted by molar-refractivity contribution is 7.17. The molecule has 0 saturated carbocycles. The fourth-order valence-electron chi connectivity index (χ4n) is 2.03. The van der Waals surface area contributed by atoms with Gasteiger partial charge in [-0.15, -0.1) is 0 Å². The molecule has 0 fully saturated rings. The topological polar surface area (TPSA) is 80.3 Å². The van der Waals surface area contributed by atoms with Crippen molar-refractivity contribution in [3.05, 3.63) is 45.9 Å². The van der Waals surface area contributed by atoms with Gasteiger partial charge in [0.2, 0.25) is 5.78 Å². The number of carbonyl (C=O) groups is 2. The molecule has 0 saturated heterocycles. The summed E-state index contributed by atoms with van der Waals surface area (Å²) in [5, 5.41) is 6.90. The van der Waals surface area contributed by atoms with Crippen molar-refractivity contribution in [3.63, 3.8) is 0 Å². The van der Waals surface area contributed by atoms with Crippen LogP contribution in [-0.4, -0.2) is 35.6 Å². The number of nitrogens with zero attached hydrogens (tertiary/aromatic N) is 1. The molecule has 0 bridgehead atoms. The Morgan fingerprint density at radius 2 is 1.96 bits per heavy atom. The molecule has 26 heavy (non-hydrogen) atoms. The maximum atomic E-state index is 12.4. The lowest BCUT2D eigenvalue weighted by Crippen LogP contribution is -2.33. The Morgan fingerprint density at radius 1 is 1.23 bits per heavy atom. The molecule has 0 atom stereocenters. The first-order valence-electron chi connectivity index (χ1n) is 8.22. The molecule has 0 aliphatic heterocycles. The maximum Gasteiger partial charge on any atom is 0.407 e. The van der Waals surface area contributed by atoms with Crippen molar-refractivity contribution in [1.82, 2.24) is 10.3 Å². The molecule has 0 aliphatic rings. The molecule has 2 aromatic rings. The Morgan fingerprint density at radius 3 is 2.65 bits per heavy atom. The minimum Gasteiger partial charge on any atom is -0.444 e.